The Bertz CT molecular complexity index is 679. The molecule has 0 unspecified atom stereocenters. The van der Waals surface area contributed by atoms with E-state index in [9.17, 15) is 4.79 Å². The summed E-state index contributed by atoms with van der Waals surface area (Å²) in [6, 6.07) is 11.6. The van der Waals surface area contributed by atoms with Crippen LogP contribution in [0, 0.1) is 6.92 Å². The Labute approximate surface area is 142 Å². The van der Waals surface area contributed by atoms with Gasteiger partial charge in [0.25, 0.3) is 5.91 Å². The van der Waals surface area contributed by atoms with Gasteiger partial charge in [0.05, 0.1) is 0 Å². The Morgan fingerprint density at radius 2 is 1.96 bits per heavy atom. The number of rotatable bonds is 6. The van der Waals surface area contributed by atoms with Crippen LogP contribution in [-0.4, -0.2) is 30.6 Å². The normalized spacial score (nSPS) is 13.8. The summed E-state index contributed by atoms with van der Waals surface area (Å²) in [5.41, 5.74) is 2.22. The second-order valence-corrected chi connectivity index (χ2v) is 6.09. The number of carbonyl (C=O) groups excluding carboxylic acids is 1. The monoisotopic (exact) mass is 325 g/mol. The first-order chi connectivity index (χ1) is 11.7. The molecule has 1 fully saturated rings. The van der Waals surface area contributed by atoms with Crippen molar-refractivity contribution in [2.75, 3.05) is 24.6 Å². The van der Waals surface area contributed by atoms with E-state index in [2.05, 4.69) is 15.2 Å². The van der Waals surface area contributed by atoms with Gasteiger partial charge in [0.15, 0.2) is 6.61 Å². The molecular formula is C19H23N3O2. The van der Waals surface area contributed by atoms with Crippen LogP contribution in [0.2, 0.25) is 0 Å². The third kappa shape index (κ3) is 4.47. The molecule has 2 heterocycles. The molecular weight excluding hydrogens is 302 g/mol. The van der Waals surface area contributed by atoms with Crippen molar-refractivity contribution >= 4 is 11.7 Å². The van der Waals surface area contributed by atoms with Gasteiger partial charge in [-0.05, 0) is 49.6 Å². The van der Waals surface area contributed by atoms with E-state index in [1.54, 1.807) is 6.20 Å². The van der Waals surface area contributed by atoms with Crippen LogP contribution in [-0.2, 0) is 11.3 Å². The molecule has 0 spiro atoms. The molecule has 5 heteroatoms. The number of hydrogen-bond acceptors (Lipinski definition) is 4. The van der Waals surface area contributed by atoms with Gasteiger partial charge >= 0.3 is 0 Å². The highest BCUT2D eigenvalue weighted by Gasteiger charge is 2.13. The zero-order chi connectivity index (χ0) is 16.8. The van der Waals surface area contributed by atoms with Gasteiger partial charge < -0.3 is 15.0 Å². The smallest absolute Gasteiger partial charge is 0.258 e. The first-order valence-corrected chi connectivity index (χ1v) is 8.37. The number of pyridine rings is 1. The number of amides is 1. The van der Waals surface area contributed by atoms with Crippen LogP contribution < -0.4 is 15.0 Å². The Morgan fingerprint density at radius 3 is 2.71 bits per heavy atom. The van der Waals surface area contributed by atoms with Crippen LogP contribution in [0.4, 0.5) is 5.82 Å². The Balaban J connectivity index is 1.47. The van der Waals surface area contributed by atoms with Crippen LogP contribution in [0.15, 0.2) is 42.6 Å². The van der Waals surface area contributed by atoms with Crippen molar-refractivity contribution in [2.24, 2.45) is 0 Å². The largest absolute Gasteiger partial charge is 0.484 e. The molecule has 5 nitrogen and oxygen atoms in total. The van der Waals surface area contributed by atoms with E-state index in [-0.39, 0.29) is 12.5 Å². The highest BCUT2D eigenvalue weighted by molar-refractivity contribution is 5.77. The van der Waals surface area contributed by atoms with E-state index in [1.165, 1.54) is 18.4 Å². The van der Waals surface area contributed by atoms with Gasteiger partial charge in [-0.15, -0.1) is 0 Å². The maximum absolute atomic E-state index is 11.9. The van der Waals surface area contributed by atoms with E-state index in [0.717, 1.165) is 24.5 Å². The van der Waals surface area contributed by atoms with Crippen molar-refractivity contribution < 1.29 is 9.53 Å². The summed E-state index contributed by atoms with van der Waals surface area (Å²) < 4.78 is 5.48. The number of aromatic nitrogens is 1. The van der Waals surface area contributed by atoms with Gasteiger partial charge in [0.2, 0.25) is 0 Å². The Hall–Kier alpha value is -2.56. The molecule has 0 atom stereocenters. The zero-order valence-electron chi connectivity index (χ0n) is 14.0. The quantitative estimate of drug-likeness (QED) is 0.887. The minimum Gasteiger partial charge on any atom is -0.484 e. The molecule has 3 rings (SSSR count). The van der Waals surface area contributed by atoms with Crippen LogP contribution in [0.1, 0.15) is 24.0 Å². The van der Waals surface area contributed by atoms with Crippen molar-refractivity contribution in [3.8, 4) is 5.75 Å². The minimum atomic E-state index is -0.130. The third-order valence-electron chi connectivity index (χ3n) is 4.12. The van der Waals surface area contributed by atoms with Crippen molar-refractivity contribution in [1.82, 2.24) is 10.3 Å². The molecule has 126 valence electrons. The van der Waals surface area contributed by atoms with Crippen LogP contribution in [0.25, 0.3) is 0 Å². The lowest BCUT2D eigenvalue weighted by molar-refractivity contribution is -0.123. The third-order valence-corrected chi connectivity index (χ3v) is 4.12. The molecule has 1 aromatic carbocycles. The molecule has 1 N–H and O–H groups in total. The maximum atomic E-state index is 11.9. The fourth-order valence-corrected chi connectivity index (χ4v) is 2.72. The first kappa shape index (κ1) is 16.3. The molecule has 1 aliphatic rings. The molecule has 0 radical (unpaired) electrons. The average molecular weight is 325 g/mol. The fraction of sp³-hybridized carbons (Fsp3) is 0.368. The van der Waals surface area contributed by atoms with Crippen molar-refractivity contribution in [1.29, 1.82) is 0 Å². The summed E-state index contributed by atoms with van der Waals surface area (Å²) in [5.74, 6) is 1.57. The topological polar surface area (TPSA) is 54.5 Å². The van der Waals surface area contributed by atoms with E-state index in [1.807, 2.05) is 43.3 Å². The van der Waals surface area contributed by atoms with Crippen LogP contribution in [0.3, 0.4) is 0 Å². The highest BCUT2D eigenvalue weighted by atomic mass is 16.5. The van der Waals surface area contributed by atoms with E-state index < -0.39 is 0 Å². The SMILES string of the molecule is Cc1ccc(OCC(=O)NCc2ccnc(N3CCCC3)c2)cc1. The summed E-state index contributed by atoms with van der Waals surface area (Å²) in [4.78, 5) is 18.6. The fourth-order valence-electron chi connectivity index (χ4n) is 2.72. The van der Waals surface area contributed by atoms with E-state index >= 15 is 0 Å². The predicted octanol–water partition coefficient (Wildman–Crippen LogP) is 2.69. The van der Waals surface area contributed by atoms with Crippen LogP contribution >= 0.6 is 0 Å². The lowest BCUT2D eigenvalue weighted by Crippen LogP contribution is -2.28. The zero-order valence-corrected chi connectivity index (χ0v) is 14.0. The Morgan fingerprint density at radius 1 is 1.21 bits per heavy atom. The predicted molar refractivity (Wildman–Crippen MR) is 94.2 cm³/mol. The molecule has 0 aliphatic carbocycles. The van der Waals surface area contributed by atoms with Gasteiger partial charge in [-0.2, -0.15) is 0 Å². The number of ether oxygens (including phenoxy) is 1. The number of anilines is 1. The van der Waals surface area contributed by atoms with Crippen molar-refractivity contribution in [3.05, 3.63) is 53.7 Å². The first-order valence-electron chi connectivity index (χ1n) is 8.37. The number of benzene rings is 1. The lowest BCUT2D eigenvalue weighted by Gasteiger charge is -2.17. The number of nitrogens with zero attached hydrogens (tertiary/aromatic N) is 2. The molecule has 1 saturated heterocycles. The summed E-state index contributed by atoms with van der Waals surface area (Å²) in [5, 5.41) is 2.89. The van der Waals surface area contributed by atoms with E-state index in [0.29, 0.717) is 12.3 Å². The number of aryl methyl sites for hydroxylation is 1. The minimum absolute atomic E-state index is 0.0210. The molecule has 1 aromatic heterocycles. The standard InChI is InChI=1S/C19H23N3O2/c1-15-4-6-17(7-5-15)24-14-19(23)21-13-16-8-9-20-18(12-16)22-10-2-3-11-22/h4-9,12H,2-3,10-11,13-14H2,1H3,(H,21,23). The van der Waals surface area contributed by atoms with Gasteiger partial charge in [0.1, 0.15) is 11.6 Å². The number of carbonyl (C=O) groups is 1. The molecule has 1 amide bonds. The summed E-state index contributed by atoms with van der Waals surface area (Å²) >= 11 is 0. The second kappa shape index (κ2) is 7.81. The lowest BCUT2D eigenvalue weighted by atomic mass is 10.2. The number of nitrogens with one attached hydrogen (secondary N) is 1. The van der Waals surface area contributed by atoms with Gasteiger partial charge in [-0.3, -0.25) is 4.79 Å². The molecule has 2 aromatic rings. The van der Waals surface area contributed by atoms with Gasteiger partial charge in [0, 0.05) is 25.8 Å². The molecule has 0 bridgehead atoms. The number of hydrogen-bond donors (Lipinski definition) is 1. The molecule has 1 aliphatic heterocycles. The van der Waals surface area contributed by atoms with Crippen molar-refractivity contribution in [2.45, 2.75) is 26.3 Å². The van der Waals surface area contributed by atoms with Crippen LogP contribution in [0.5, 0.6) is 5.75 Å². The summed E-state index contributed by atoms with van der Waals surface area (Å²) in [7, 11) is 0. The maximum Gasteiger partial charge on any atom is 0.258 e. The highest BCUT2D eigenvalue weighted by Crippen LogP contribution is 2.18. The van der Waals surface area contributed by atoms with E-state index in [4.69, 9.17) is 4.74 Å². The second-order valence-electron chi connectivity index (χ2n) is 6.09. The Kier molecular flexibility index (Phi) is 5.31. The van der Waals surface area contributed by atoms with Gasteiger partial charge in [-0.1, -0.05) is 17.7 Å². The van der Waals surface area contributed by atoms with Gasteiger partial charge in [-0.25, -0.2) is 4.98 Å². The van der Waals surface area contributed by atoms with Crippen molar-refractivity contribution in [3.63, 3.8) is 0 Å². The molecule has 24 heavy (non-hydrogen) atoms. The average Bonchev–Trinajstić information content (AvgIpc) is 3.14. The molecule has 0 saturated carbocycles. The summed E-state index contributed by atoms with van der Waals surface area (Å²) in [6.07, 6.45) is 4.25. The summed E-state index contributed by atoms with van der Waals surface area (Å²) in [6.45, 7) is 4.65.